The molecule has 4 aromatic rings. The van der Waals surface area contributed by atoms with E-state index < -0.39 is 28.9 Å². The lowest BCUT2D eigenvalue weighted by molar-refractivity contribution is 0.249. The van der Waals surface area contributed by atoms with E-state index in [0.29, 0.717) is 42.6 Å². The zero-order valence-corrected chi connectivity index (χ0v) is 23.5. The number of piperazine rings is 1. The van der Waals surface area contributed by atoms with E-state index in [2.05, 4.69) is 4.90 Å². The molecule has 1 aliphatic heterocycles. The summed E-state index contributed by atoms with van der Waals surface area (Å²) in [6.45, 7) is 4.42. The fourth-order valence-electron chi connectivity index (χ4n) is 5.32. The highest BCUT2D eigenvalue weighted by Gasteiger charge is 2.26. The van der Waals surface area contributed by atoms with Crippen molar-refractivity contribution >= 4 is 17.3 Å². The Balaban J connectivity index is 1.49. The molecule has 7 nitrogen and oxygen atoms in total. The fourth-order valence-corrected chi connectivity index (χ4v) is 5.45. The van der Waals surface area contributed by atoms with Crippen LogP contribution in [0, 0.1) is 18.6 Å². The Labute approximate surface area is 242 Å². The molecule has 0 bridgehead atoms. The summed E-state index contributed by atoms with van der Waals surface area (Å²) in [5.74, 6) is -1.51. The number of benzene rings is 3. The van der Waals surface area contributed by atoms with Crippen molar-refractivity contribution in [1.29, 1.82) is 0 Å². The molecule has 0 saturated carbocycles. The molecule has 0 spiro atoms. The molecule has 1 fully saturated rings. The van der Waals surface area contributed by atoms with Crippen molar-refractivity contribution in [3.05, 3.63) is 133 Å². The van der Waals surface area contributed by atoms with Crippen LogP contribution >= 0.6 is 11.6 Å². The average Bonchev–Trinajstić information content (AvgIpc) is 2.97. The zero-order valence-electron chi connectivity index (χ0n) is 22.8. The summed E-state index contributed by atoms with van der Waals surface area (Å²) in [6.07, 6.45) is 0. The summed E-state index contributed by atoms with van der Waals surface area (Å²) >= 11 is 6.02. The summed E-state index contributed by atoms with van der Waals surface area (Å²) < 4.78 is 31.7. The first-order chi connectivity index (χ1) is 19.7. The van der Waals surface area contributed by atoms with E-state index in [1.54, 1.807) is 6.92 Å². The molecule has 0 unspecified atom stereocenters. The summed E-state index contributed by atoms with van der Waals surface area (Å²) in [4.78, 5) is 31.8. The zero-order chi connectivity index (χ0) is 29.1. The third-order valence-corrected chi connectivity index (χ3v) is 7.90. The van der Waals surface area contributed by atoms with Gasteiger partial charge < -0.3 is 10.6 Å². The predicted octanol–water partition coefficient (Wildman–Crippen LogP) is 4.32. The standard InChI is InChI=1S/C31H32ClF2N5O2/c1-21-29(37-16-14-36(15-17-37)18-22-10-12-24(32)13-11-22)30(40)39(20-28(35)23-6-3-2-4-7-23)31(41)38(21)19-25-26(33)8-5-9-27(25)34/h2-13,28H,14-20,35H2,1H3/t28-/m1/s1. The first-order valence-corrected chi connectivity index (χ1v) is 13.9. The highest BCUT2D eigenvalue weighted by molar-refractivity contribution is 6.30. The Morgan fingerprint density at radius 1 is 0.829 bits per heavy atom. The lowest BCUT2D eigenvalue weighted by atomic mass is 10.1. The van der Waals surface area contributed by atoms with Gasteiger partial charge in [0, 0.05) is 55.0 Å². The lowest BCUT2D eigenvalue weighted by Gasteiger charge is -2.37. The van der Waals surface area contributed by atoms with Crippen LogP contribution in [0.25, 0.3) is 0 Å². The summed E-state index contributed by atoms with van der Waals surface area (Å²) in [6, 6.07) is 19.8. The van der Waals surface area contributed by atoms with E-state index in [0.717, 1.165) is 34.4 Å². The van der Waals surface area contributed by atoms with Crippen molar-refractivity contribution in [2.75, 3.05) is 31.1 Å². The predicted molar refractivity (Wildman–Crippen MR) is 157 cm³/mol. The Bertz CT molecular complexity index is 1610. The maximum atomic E-state index is 14.6. The van der Waals surface area contributed by atoms with Gasteiger partial charge in [0.2, 0.25) is 0 Å². The summed E-state index contributed by atoms with van der Waals surface area (Å²) in [5.41, 5.74) is 7.66. The van der Waals surface area contributed by atoms with Gasteiger partial charge in [0.05, 0.1) is 13.1 Å². The third-order valence-electron chi connectivity index (χ3n) is 7.65. The van der Waals surface area contributed by atoms with Crippen LogP contribution in [-0.2, 0) is 19.6 Å². The quantitative estimate of drug-likeness (QED) is 0.336. The van der Waals surface area contributed by atoms with Crippen molar-refractivity contribution in [2.45, 2.75) is 32.6 Å². The van der Waals surface area contributed by atoms with Crippen molar-refractivity contribution in [1.82, 2.24) is 14.0 Å². The number of anilines is 1. The molecule has 2 N–H and O–H groups in total. The van der Waals surface area contributed by atoms with Gasteiger partial charge in [-0.2, -0.15) is 0 Å². The second kappa shape index (κ2) is 12.4. The van der Waals surface area contributed by atoms with Gasteiger partial charge in [0.15, 0.2) is 0 Å². The van der Waals surface area contributed by atoms with E-state index in [9.17, 15) is 18.4 Å². The van der Waals surface area contributed by atoms with Crippen LogP contribution in [-0.4, -0.2) is 40.2 Å². The van der Waals surface area contributed by atoms with Gasteiger partial charge >= 0.3 is 5.69 Å². The van der Waals surface area contributed by atoms with Crippen molar-refractivity contribution < 1.29 is 8.78 Å². The molecule has 2 heterocycles. The molecule has 0 amide bonds. The number of nitrogens with zero attached hydrogens (tertiary/aromatic N) is 4. The van der Waals surface area contributed by atoms with Gasteiger partial charge in [0.1, 0.15) is 17.3 Å². The molecule has 41 heavy (non-hydrogen) atoms. The molecule has 0 aliphatic carbocycles. The number of aromatic nitrogens is 2. The van der Waals surface area contributed by atoms with Crippen LogP contribution in [0.1, 0.15) is 28.4 Å². The van der Waals surface area contributed by atoms with Gasteiger partial charge in [-0.3, -0.25) is 18.8 Å². The first kappa shape index (κ1) is 28.7. The van der Waals surface area contributed by atoms with Gasteiger partial charge in [-0.15, -0.1) is 0 Å². The van der Waals surface area contributed by atoms with Crippen LogP contribution in [0.5, 0.6) is 0 Å². The lowest BCUT2D eigenvalue weighted by Crippen LogP contribution is -2.51. The monoisotopic (exact) mass is 579 g/mol. The molecule has 3 aromatic carbocycles. The molecular formula is C31H32ClF2N5O2. The second-order valence-corrected chi connectivity index (χ2v) is 10.8. The van der Waals surface area contributed by atoms with Crippen molar-refractivity contribution in [3.8, 4) is 0 Å². The Kier molecular flexibility index (Phi) is 8.68. The second-order valence-electron chi connectivity index (χ2n) is 10.3. The van der Waals surface area contributed by atoms with E-state index in [1.165, 1.54) is 10.6 Å². The molecule has 0 radical (unpaired) electrons. The van der Waals surface area contributed by atoms with Gasteiger partial charge in [-0.25, -0.2) is 13.6 Å². The fraction of sp³-hybridized carbons (Fsp3) is 0.290. The highest BCUT2D eigenvalue weighted by atomic mass is 35.5. The SMILES string of the molecule is Cc1c(N2CCN(Cc3ccc(Cl)cc3)CC2)c(=O)n(C[C@@H](N)c2ccccc2)c(=O)n1Cc1c(F)cccc1F. The summed E-state index contributed by atoms with van der Waals surface area (Å²) in [7, 11) is 0. The number of rotatable bonds is 8. The average molecular weight is 580 g/mol. The molecule has 1 saturated heterocycles. The highest BCUT2D eigenvalue weighted by Crippen LogP contribution is 2.21. The van der Waals surface area contributed by atoms with Gasteiger partial charge in [0.25, 0.3) is 5.56 Å². The number of hydrogen-bond donors (Lipinski definition) is 1. The largest absolute Gasteiger partial charge is 0.363 e. The molecule has 1 aliphatic rings. The topological polar surface area (TPSA) is 76.5 Å². The van der Waals surface area contributed by atoms with E-state index in [1.807, 2.05) is 59.5 Å². The number of halogens is 3. The molecule has 5 rings (SSSR count). The number of hydrogen-bond acceptors (Lipinski definition) is 5. The first-order valence-electron chi connectivity index (χ1n) is 13.5. The van der Waals surface area contributed by atoms with Crippen LogP contribution in [0.2, 0.25) is 5.02 Å². The molecule has 10 heteroatoms. The van der Waals surface area contributed by atoms with Crippen LogP contribution < -0.4 is 21.9 Å². The van der Waals surface area contributed by atoms with Crippen LogP contribution in [0.3, 0.4) is 0 Å². The number of nitrogens with two attached hydrogens (primary N) is 1. The Morgan fingerprint density at radius 3 is 2.10 bits per heavy atom. The molecular weight excluding hydrogens is 548 g/mol. The normalized spacial score (nSPS) is 14.8. The van der Waals surface area contributed by atoms with E-state index in [4.69, 9.17) is 17.3 Å². The van der Waals surface area contributed by atoms with Gasteiger partial charge in [-0.05, 0) is 42.3 Å². The summed E-state index contributed by atoms with van der Waals surface area (Å²) in [5, 5.41) is 0.683. The third kappa shape index (κ3) is 6.27. The minimum absolute atomic E-state index is 0.0781. The molecule has 1 aromatic heterocycles. The van der Waals surface area contributed by atoms with Crippen LogP contribution in [0.15, 0.2) is 82.4 Å². The maximum Gasteiger partial charge on any atom is 0.331 e. The van der Waals surface area contributed by atoms with Gasteiger partial charge in [-0.1, -0.05) is 60.1 Å². The minimum atomic E-state index is -0.757. The smallest absolute Gasteiger partial charge is 0.331 e. The van der Waals surface area contributed by atoms with Crippen molar-refractivity contribution in [2.24, 2.45) is 5.73 Å². The minimum Gasteiger partial charge on any atom is -0.363 e. The Morgan fingerprint density at radius 2 is 1.46 bits per heavy atom. The van der Waals surface area contributed by atoms with Crippen LogP contribution in [0.4, 0.5) is 14.5 Å². The van der Waals surface area contributed by atoms with Crippen molar-refractivity contribution in [3.63, 3.8) is 0 Å². The molecule has 214 valence electrons. The molecule has 1 atom stereocenters. The Hall–Kier alpha value is -3.79. The maximum absolute atomic E-state index is 14.6. The van der Waals surface area contributed by atoms with E-state index >= 15 is 0 Å². The van der Waals surface area contributed by atoms with E-state index in [-0.39, 0.29) is 18.7 Å².